The monoisotopic (exact) mass is 788 g/mol. The molecular formula is C55H36N2S2. The minimum absolute atomic E-state index is 1.04. The summed E-state index contributed by atoms with van der Waals surface area (Å²) in [7, 11) is 0. The smallest absolute Gasteiger partial charge is 0.124 e. The molecule has 11 rings (SSSR count). The van der Waals surface area contributed by atoms with Gasteiger partial charge in [0.05, 0.1) is 10.2 Å². The topological polar surface area (TPSA) is 16.1 Å². The third-order valence-electron chi connectivity index (χ3n) is 11.1. The van der Waals surface area contributed by atoms with Gasteiger partial charge in [-0.3, -0.25) is 0 Å². The fourth-order valence-electron chi connectivity index (χ4n) is 8.12. The normalized spacial score (nSPS) is 11.4. The summed E-state index contributed by atoms with van der Waals surface area (Å²) in [6, 6.07) is 78.7. The molecule has 2 aromatic heterocycles. The molecule has 0 unspecified atom stereocenters. The van der Waals surface area contributed by atoms with Crippen molar-refractivity contribution in [2.24, 2.45) is 0 Å². The second-order valence-corrected chi connectivity index (χ2v) is 16.9. The standard InChI is InChI=1S/C55H36N2S2/c1-4-11-37(12-5-1)39-19-21-41(22-20-39)42-27-29-46(30-28-42)57(47-18-10-17-45(35-47)43-25-23-40(24-26-43)38-13-6-2-7-14-38)48-31-33-51-49(36-48)53-52(58-51)34-32-50-54(53)59-55(56-50)44-15-8-3-9-16-44/h1-36H. The average molecular weight is 789 g/mol. The maximum atomic E-state index is 5.10. The lowest BCUT2D eigenvalue weighted by Crippen LogP contribution is -2.10. The molecule has 0 fully saturated rings. The molecule has 0 aliphatic carbocycles. The molecule has 278 valence electrons. The van der Waals surface area contributed by atoms with Crippen molar-refractivity contribution in [3.63, 3.8) is 0 Å². The zero-order chi connectivity index (χ0) is 39.1. The van der Waals surface area contributed by atoms with Gasteiger partial charge < -0.3 is 4.90 Å². The first-order valence-corrected chi connectivity index (χ1v) is 21.5. The largest absolute Gasteiger partial charge is 0.310 e. The van der Waals surface area contributed by atoms with Crippen LogP contribution in [0.25, 0.3) is 85.5 Å². The molecule has 0 spiro atoms. The maximum absolute atomic E-state index is 5.10. The van der Waals surface area contributed by atoms with Gasteiger partial charge in [-0.05, 0) is 99.1 Å². The van der Waals surface area contributed by atoms with E-state index in [9.17, 15) is 0 Å². The van der Waals surface area contributed by atoms with Crippen LogP contribution in [0.5, 0.6) is 0 Å². The van der Waals surface area contributed by atoms with Gasteiger partial charge in [0.1, 0.15) is 5.01 Å². The van der Waals surface area contributed by atoms with E-state index in [4.69, 9.17) is 4.98 Å². The molecular weight excluding hydrogens is 753 g/mol. The van der Waals surface area contributed by atoms with Crippen LogP contribution < -0.4 is 4.90 Å². The van der Waals surface area contributed by atoms with E-state index >= 15 is 0 Å². The number of nitrogens with zero attached hydrogens (tertiary/aromatic N) is 2. The molecule has 4 heteroatoms. The summed E-state index contributed by atoms with van der Waals surface area (Å²) in [4.78, 5) is 7.50. The molecule has 0 aliphatic rings. The molecule has 0 atom stereocenters. The van der Waals surface area contributed by atoms with E-state index in [2.05, 4.69) is 223 Å². The highest BCUT2D eigenvalue weighted by molar-refractivity contribution is 7.28. The zero-order valence-electron chi connectivity index (χ0n) is 32.0. The summed E-state index contributed by atoms with van der Waals surface area (Å²) in [6.45, 7) is 0. The third kappa shape index (κ3) is 6.69. The summed E-state index contributed by atoms with van der Waals surface area (Å²) in [6.07, 6.45) is 0. The highest BCUT2D eigenvalue weighted by Crippen LogP contribution is 2.45. The van der Waals surface area contributed by atoms with Crippen LogP contribution in [0.4, 0.5) is 17.1 Å². The van der Waals surface area contributed by atoms with E-state index in [1.165, 1.54) is 69.4 Å². The number of anilines is 3. The Morgan fingerprint density at radius 2 is 0.780 bits per heavy atom. The maximum Gasteiger partial charge on any atom is 0.124 e. The van der Waals surface area contributed by atoms with E-state index in [-0.39, 0.29) is 0 Å². The lowest BCUT2D eigenvalue weighted by atomic mass is 9.99. The molecule has 2 nitrogen and oxygen atoms in total. The van der Waals surface area contributed by atoms with Crippen molar-refractivity contribution < 1.29 is 0 Å². The Morgan fingerprint density at radius 1 is 0.322 bits per heavy atom. The SMILES string of the molecule is c1ccc(-c2ccc(-c3ccc(N(c4cccc(-c5ccc(-c6ccccc6)cc5)c4)c4ccc5sc6ccc7nc(-c8ccccc8)sc7c6c5c4)cc3)cc2)cc1. The van der Waals surface area contributed by atoms with Crippen LogP contribution in [0.3, 0.4) is 0 Å². The molecule has 9 aromatic carbocycles. The summed E-state index contributed by atoms with van der Waals surface area (Å²) in [5, 5.41) is 3.59. The van der Waals surface area contributed by atoms with Gasteiger partial charge >= 0.3 is 0 Å². The average Bonchev–Trinajstić information content (AvgIpc) is 3.92. The zero-order valence-corrected chi connectivity index (χ0v) is 33.6. The van der Waals surface area contributed by atoms with Gasteiger partial charge in [0.2, 0.25) is 0 Å². The van der Waals surface area contributed by atoms with Crippen molar-refractivity contribution in [3.05, 3.63) is 218 Å². The first kappa shape index (κ1) is 35.1. The van der Waals surface area contributed by atoms with Crippen molar-refractivity contribution in [2.75, 3.05) is 4.90 Å². The van der Waals surface area contributed by atoms with Gasteiger partial charge in [-0.2, -0.15) is 0 Å². The second kappa shape index (κ2) is 15.0. The summed E-state index contributed by atoms with van der Waals surface area (Å²) in [5.74, 6) is 0. The minimum atomic E-state index is 1.04. The summed E-state index contributed by atoms with van der Waals surface area (Å²) < 4.78 is 3.79. The molecule has 0 aliphatic heterocycles. The van der Waals surface area contributed by atoms with Crippen LogP contribution in [0.1, 0.15) is 0 Å². The Kier molecular flexibility index (Phi) is 8.92. The highest BCUT2D eigenvalue weighted by Gasteiger charge is 2.19. The molecule has 59 heavy (non-hydrogen) atoms. The predicted molar refractivity (Wildman–Crippen MR) is 254 cm³/mol. The molecule has 2 heterocycles. The summed E-state index contributed by atoms with van der Waals surface area (Å²) >= 11 is 3.64. The molecule has 0 bridgehead atoms. The number of hydrogen-bond acceptors (Lipinski definition) is 4. The number of benzene rings is 9. The molecule has 0 radical (unpaired) electrons. The lowest BCUT2D eigenvalue weighted by Gasteiger charge is -2.26. The Morgan fingerprint density at radius 3 is 1.37 bits per heavy atom. The lowest BCUT2D eigenvalue weighted by molar-refractivity contribution is 1.29. The van der Waals surface area contributed by atoms with Crippen molar-refractivity contribution in [3.8, 4) is 55.1 Å². The number of rotatable bonds is 8. The van der Waals surface area contributed by atoms with Crippen LogP contribution in [-0.4, -0.2) is 4.98 Å². The number of hydrogen-bond donors (Lipinski definition) is 0. The van der Waals surface area contributed by atoms with Gasteiger partial charge in [-0.15, -0.1) is 22.7 Å². The van der Waals surface area contributed by atoms with Crippen LogP contribution in [-0.2, 0) is 0 Å². The van der Waals surface area contributed by atoms with Crippen molar-refractivity contribution >= 4 is 70.1 Å². The summed E-state index contributed by atoms with van der Waals surface area (Å²) in [5.41, 5.74) is 15.1. The van der Waals surface area contributed by atoms with E-state index in [0.717, 1.165) is 33.1 Å². The minimum Gasteiger partial charge on any atom is -0.310 e. The highest BCUT2D eigenvalue weighted by atomic mass is 32.1. The van der Waals surface area contributed by atoms with Crippen molar-refractivity contribution in [2.45, 2.75) is 0 Å². The molecule has 0 N–H and O–H groups in total. The number of thiazole rings is 1. The van der Waals surface area contributed by atoms with Gasteiger partial charge in [0.25, 0.3) is 0 Å². The fourth-order valence-corrected chi connectivity index (χ4v) is 10.4. The van der Waals surface area contributed by atoms with E-state index < -0.39 is 0 Å². The van der Waals surface area contributed by atoms with Crippen LogP contribution in [0.15, 0.2) is 218 Å². The van der Waals surface area contributed by atoms with Crippen molar-refractivity contribution in [1.29, 1.82) is 0 Å². The van der Waals surface area contributed by atoms with Crippen molar-refractivity contribution in [1.82, 2.24) is 4.98 Å². The first-order chi connectivity index (χ1) is 29.2. The Hall–Kier alpha value is -7.11. The predicted octanol–water partition coefficient (Wildman–Crippen LogP) is 16.5. The molecule has 0 saturated heterocycles. The quantitative estimate of drug-likeness (QED) is 0.152. The van der Waals surface area contributed by atoms with Crippen LogP contribution >= 0.6 is 22.7 Å². The molecule has 11 aromatic rings. The first-order valence-electron chi connectivity index (χ1n) is 19.9. The van der Waals surface area contributed by atoms with Gasteiger partial charge in [-0.1, -0.05) is 164 Å². The third-order valence-corrected chi connectivity index (χ3v) is 13.4. The molecule has 0 saturated carbocycles. The van der Waals surface area contributed by atoms with Crippen LogP contribution in [0, 0.1) is 0 Å². The number of aromatic nitrogens is 1. The fraction of sp³-hybridized carbons (Fsp3) is 0. The Balaban J connectivity index is 1.02. The van der Waals surface area contributed by atoms with Crippen LogP contribution in [0.2, 0.25) is 0 Å². The Labute approximate surface area is 351 Å². The van der Waals surface area contributed by atoms with E-state index in [0.29, 0.717) is 0 Å². The van der Waals surface area contributed by atoms with E-state index in [1.54, 1.807) is 11.3 Å². The molecule has 0 amide bonds. The van der Waals surface area contributed by atoms with Gasteiger partial charge in [-0.25, -0.2) is 4.98 Å². The number of thiophene rings is 1. The second-order valence-electron chi connectivity index (χ2n) is 14.8. The number of fused-ring (bicyclic) bond motifs is 5. The van der Waals surface area contributed by atoms with Gasteiger partial charge in [0, 0.05) is 42.8 Å². The van der Waals surface area contributed by atoms with E-state index in [1.807, 2.05) is 11.3 Å². The van der Waals surface area contributed by atoms with Gasteiger partial charge in [0.15, 0.2) is 0 Å². The Bertz CT molecular complexity index is 3220.